The summed E-state index contributed by atoms with van der Waals surface area (Å²) in [7, 11) is 0. The Kier molecular flexibility index (Phi) is 5.03. The van der Waals surface area contributed by atoms with Gasteiger partial charge in [-0.1, -0.05) is 27.7 Å². The van der Waals surface area contributed by atoms with Gasteiger partial charge >= 0.3 is 0 Å². The van der Waals surface area contributed by atoms with Crippen LogP contribution in [0, 0.1) is 0 Å². The summed E-state index contributed by atoms with van der Waals surface area (Å²) in [6, 6.07) is 0.708. The second kappa shape index (κ2) is 5.71. The molecular weight excluding hydrogens is 208 g/mol. The molecule has 102 valence electrons. The molecule has 0 bridgehead atoms. The lowest BCUT2D eigenvalue weighted by Gasteiger charge is -2.53. The molecule has 0 aromatic carbocycles. The third-order valence-electron chi connectivity index (χ3n) is 5.19. The SMILES string of the molecule is CCC1CNC(C)(CC)CN1C(C)(CC)CC. The van der Waals surface area contributed by atoms with Crippen LogP contribution in [0.3, 0.4) is 0 Å². The van der Waals surface area contributed by atoms with Crippen molar-refractivity contribution in [3.05, 3.63) is 0 Å². The average molecular weight is 240 g/mol. The van der Waals surface area contributed by atoms with Crippen LogP contribution in [0.2, 0.25) is 0 Å². The summed E-state index contributed by atoms with van der Waals surface area (Å²) < 4.78 is 0. The largest absolute Gasteiger partial charge is 0.309 e. The lowest BCUT2D eigenvalue weighted by Crippen LogP contribution is -2.67. The first kappa shape index (κ1) is 15.0. The molecule has 2 unspecified atom stereocenters. The number of rotatable bonds is 5. The zero-order valence-electron chi connectivity index (χ0n) is 12.8. The van der Waals surface area contributed by atoms with Crippen LogP contribution >= 0.6 is 0 Å². The summed E-state index contributed by atoms with van der Waals surface area (Å²) in [5, 5.41) is 3.75. The van der Waals surface area contributed by atoms with E-state index in [9.17, 15) is 0 Å². The fourth-order valence-corrected chi connectivity index (χ4v) is 2.92. The Morgan fingerprint density at radius 1 is 1.24 bits per heavy atom. The van der Waals surface area contributed by atoms with Crippen molar-refractivity contribution in [2.75, 3.05) is 13.1 Å². The number of nitrogens with zero attached hydrogens (tertiary/aromatic N) is 1. The molecule has 2 atom stereocenters. The molecule has 0 aliphatic carbocycles. The van der Waals surface area contributed by atoms with Gasteiger partial charge in [-0.2, -0.15) is 0 Å². The lowest BCUT2D eigenvalue weighted by molar-refractivity contribution is -0.0115. The molecule has 1 aliphatic rings. The van der Waals surface area contributed by atoms with Gasteiger partial charge in [-0.3, -0.25) is 4.90 Å². The van der Waals surface area contributed by atoms with Gasteiger partial charge < -0.3 is 5.32 Å². The van der Waals surface area contributed by atoms with Gasteiger partial charge in [0.2, 0.25) is 0 Å². The Bertz CT molecular complexity index is 235. The van der Waals surface area contributed by atoms with Crippen LogP contribution < -0.4 is 5.32 Å². The van der Waals surface area contributed by atoms with Gasteiger partial charge in [0.05, 0.1) is 0 Å². The van der Waals surface area contributed by atoms with E-state index in [1.807, 2.05) is 0 Å². The topological polar surface area (TPSA) is 15.3 Å². The van der Waals surface area contributed by atoms with Gasteiger partial charge in [0.25, 0.3) is 0 Å². The molecule has 0 aromatic heterocycles. The zero-order chi connectivity index (χ0) is 13.1. The van der Waals surface area contributed by atoms with Crippen molar-refractivity contribution < 1.29 is 0 Å². The van der Waals surface area contributed by atoms with Crippen molar-refractivity contribution in [1.29, 1.82) is 0 Å². The lowest BCUT2D eigenvalue weighted by atomic mass is 9.84. The molecule has 1 rings (SSSR count). The summed E-state index contributed by atoms with van der Waals surface area (Å²) in [4.78, 5) is 2.78. The summed E-state index contributed by atoms with van der Waals surface area (Å²) in [6.45, 7) is 16.4. The van der Waals surface area contributed by atoms with Gasteiger partial charge in [0.1, 0.15) is 0 Å². The van der Waals surface area contributed by atoms with Gasteiger partial charge in [0.15, 0.2) is 0 Å². The summed E-state index contributed by atoms with van der Waals surface area (Å²) >= 11 is 0. The van der Waals surface area contributed by atoms with E-state index in [4.69, 9.17) is 0 Å². The van der Waals surface area contributed by atoms with E-state index >= 15 is 0 Å². The maximum absolute atomic E-state index is 3.75. The number of piperazine rings is 1. The Morgan fingerprint density at radius 3 is 2.24 bits per heavy atom. The first-order valence-electron chi connectivity index (χ1n) is 7.46. The van der Waals surface area contributed by atoms with Crippen molar-refractivity contribution in [2.24, 2.45) is 0 Å². The van der Waals surface area contributed by atoms with Crippen LogP contribution in [-0.2, 0) is 0 Å². The van der Waals surface area contributed by atoms with Crippen LogP contribution in [0.25, 0.3) is 0 Å². The predicted molar refractivity (Wildman–Crippen MR) is 76.5 cm³/mol. The van der Waals surface area contributed by atoms with Gasteiger partial charge in [-0.15, -0.1) is 0 Å². The highest BCUT2D eigenvalue weighted by Gasteiger charge is 2.41. The summed E-state index contributed by atoms with van der Waals surface area (Å²) in [6.07, 6.45) is 4.96. The van der Waals surface area contributed by atoms with E-state index in [1.54, 1.807) is 0 Å². The standard InChI is InChI=1S/C15H32N2/c1-7-13-11-16-14(5,8-2)12-17(13)15(6,9-3)10-4/h13,16H,7-12H2,1-6H3. The molecule has 0 spiro atoms. The molecule has 1 aliphatic heterocycles. The van der Waals surface area contributed by atoms with Crippen molar-refractivity contribution in [3.8, 4) is 0 Å². The fourth-order valence-electron chi connectivity index (χ4n) is 2.92. The molecule has 0 aromatic rings. The number of hydrogen-bond acceptors (Lipinski definition) is 2. The van der Waals surface area contributed by atoms with E-state index in [1.165, 1.54) is 32.2 Å². The zero-order valence-corrected chi connectivity index (χ0v) is 12.8. The average Bonchev–Trinajstić information content (AvgIpc) is 2.38. The molecule has 0 radical (unpaired) electrons. The van der Waals surface area contributed by atoms with Crippen molar-refractivity contribution >= 4 is 0 Å². The van der Waals surface area contributed by atoms with Crippen molar-refractivity contribution in [1.82, 2.24) is 10.2 Å². The van der Waals surface area contributed by atoms with Crippen LogP contribution in [-0.4, -0.2) is 35.1 Å². The maximum Gasteiger partial charge on any atom is 0.0278 e. The quantitative estimate of drug-likeness (QED) is 0.792. The van der Waals surface area contributed by atoms with Crippen molar-refractivity contribution in [3.63, 3.8) is 0 Å². The third kappa shape index (κ3) is 3.03. The highest BCUT2D eigenvalue weighted by molar-refractivity contribution is 5.00. The highest BCUT2D eigenvalue weighted by Crippen LogP contribution is 2.31. The van der Waals surface area contributed by atoms with Gasteiger partial charge in [0, 0.05) is 30.2 Å². The highest BCUT2D eigenvalue weighted by atomic mass is 15.3. The number of hydrogen-bond donors (Lipinski definition) is 1. The third-order valence-corrected chi connectivity index (χ3v) is 5.19. The molecule has 1 N–H and O–H groups in total. The Morgan fingerprint density at radius 2 is 1.82 bits per heavy atom. The summed E-state index contributed by atoms with van der Waals surface area (Å²) in [5.74, 6) is 0. The van der Waals surface area contributed by atoms with E-state index in [0.29, 0.717) is 17.1 Å². The maximum atomic E-state index is 3.75. The van der Waals surface area contributed by atoms with Gasteiger partial charge in [-0.05, 0) is 39.5 Å². The molecule has 17 heavy (non-hydrogen) atoms. The predicted octanol–water partition coefficient (Wildman–Crippen LogP) is 3.42. The van der Waals surface area contributed by atoms with Crippen LogP contribution in [0.4, 0.5) is 0 Å². The minimum absolute atomic E-state index is 0.303. The second-order valence-corrected chi connectivity index (χ2v) is 6.19. The van der Waals surface area contributed by atoms with Crippen LogP contribution in [0.1, 0.15) is 67.2 Å². The molecule has 1 heterocycles. The Labute approximate surface area is 108 Å². The fraction of sp³-hybridized carbons (Fsp3) is 1.00. The van der Waals surface area contributed by atoms with Crippen LogP contribution in [0.5, 0.6) is 0 Å². The first-order chi connectivity index (χ1) is 7.94. The molecule has 2 heteroatoms. The summed E-state index contributed by atoms with van der Waals surface area (Å²) in [5.41, 5.74) is 0.677. The molecule has 0 amide bonds. The van der Waals surface area contributed by atoms with E-state index in [0.717, 1.165) is 6.54 Å². The van der Waals surface area contributed by atoms with Gasteiger partial charge in [-0.25, -0.2) is 0 Å². The number of nitrogens with one attached hydrogen (secondary N) is 1. The molecule has 0 saturated carbocycles. The van der Waals surface area contributed by atoms with Crippen molar-refractivity contribution in [2.45, 2.75) is 84.3 Å². The minimum Gasteiger partial charge on any atom is -0.309 e. The molecule has 2 nitrogen and oxygen atoms in total. The van der Waals surface area contributed by atoms with E-state index < -0.39 is 0 Å². The van der Waals surface area contributed by atoms with E-state index in [2.05, 4.69) is 51.8 Å². The molecular formula is C15H32N2. The Hall–Kier alpha value is -0.0800. The Balaban J connectivity index is 2.90. The normalized spacial score (nSPS) is 31.8. The smallest absolute Gasteiger partial charge is 0.0278 e. The van der Waals surface area contributed by atoms with E-state index in [-0.39, 0.29) is 0 Å². The monoisotopic (exact) mass is 240 g/mol. The first-order valence-corrected chi connectivity index (χ1v) is 7.46. The molecule has 1 fully saturated rings. The second-order valence-electron chi connectivity index (χ2n) is 6.19. The van der Waals surface area contributed by atoms with Crippen LogP contribution in [0.15, 0.2) is 0 Å². The minimum atomic E-state index is 0.303. The molecule has 1 saturated heterocycles.